The summed E-state index contributed by atoms with van der Waals surface area (Å²) in [6.45, 7) is 0. The number of carbonyl (C=O) groups is 1. The standard InChI is InChI=1S/C29H19NO2/c31-29(32)22-11-15-24(16-12-22)30(23-7-2-1-3-8-23)26-18-14-21-10-9-19-5-4-6-20-13-17-25(26)28(21)27(19)20/h1-18H,(H,31,32). The third-order valence-corrected chi connectivity index (χ3v) is 6.13. The smallest absolute Gasteiger partial charge is 0.335 e. The predicted molar refractivity (Wildman–Crippen MR) is 132 cm³/mol. The first-order valence-electron chi connectivity index (χ1n) is 10.6. The fraction of sp³-hybridized carbons (Fsp3) is 0. The van der Waals surface area contributed by atoms with Crippen molar-refractivity contribution in [3.63, 3.8) is 0 Å². The number of para-hydroxylation sites is 1. The molecule has 0 aliphatic heterocycles. The molecular formula is C29H19NO2. The molecule has 0 heterocycles. The van der Waals surface area contributed by atoms with Crippen molar-refractivity contribution in [2.24, 2.45) is 0 Å². The van der Waals surface area contributed by atoms with E-state index >= 15 is 0 Å². The average Bonchev–Trinajstić information content (AvgIpc) is 2.84. The number of nitrogens with zero attached hydrogens (tertiary/aromatic N) is 1. The average molecular weight is 413 g/mol. The van der Waals surface area contributed by atoms with Crippen molar-refractivity contribution in [3.8, 4) is 0 Å². The first kappa shape index (κ1) is 18.4. The van der Waals surface area contributed by atoms with Gasteiger partial charge in [-0.3, -0.25) is 0 Å². The number of aromatic carboxylic acids is 1. The third-order valence-electron chi connectivity index (χ3n) is 6.13. The second kappa shape index (κ2) is 7.10. The molecule has 0 aliphatic carbocycles. The van der Waals surface area contributed by atoms with Crippen LogP contribution in [-0.2, 0) is 0 Å². The van der Waals surface area contributed by atoms with Crippen LogP contribution in [-0.4, -0.2) is 11.1 Å². The molecule has 152 valence electrons. The van der Waals surface area contributed by atoms with Crippen LogP contribution in [0.3, 0.4) is 0 Å². The van der Waals surface area contributed by atoms with Gasteiger partial charge < -0.3 is 10.0 Å². The number of carboxylic acid groups (broad SMARTS) is 1. The minimum absolute atomic E-state index is 0.275. The second-order valence-electron chi connectivity index (χ2n) is 7.96. The molecule has 6 aromatic carbocycles. The summed E-state index contributed by atoms with van der Waals surface area (Å²) in [6.07, 6.45) is 0. The van der Waals surface area contributed by atoms with E-state index in [1.165, 1.54) is 26.9 Å². The number of rotatable bonds is 4. The molecule has 6 rings (SSSR count). The zero-order valence-corrected chi connectivity index (χ0v) is 17.2. The van der Waals surface area contributed by atoms with Gasteiger partial charge in [0.2, 0.25) is 0 Å². The minimum Gasteiger partial charge on any atom is -0.478 e. The maximum atomic E-state index is 11.4. The Balaban J connectivity index is 1.66. The quantitative estimate of drug-likeness (QED) is 0.300. The molecule has 3 nitrogen and oxygen atoms in total. The van der Waals surface area contributed by atoms with Crippen LogP contribution in [0.15, 0.2) is 109 Å². The fourth-order valence-electron chi connectivity index (χ4n) is 4.67. The van der Waals surface area contributed by atoms with E-state index in [-0.39, 0.29) is 5.56 Å². The van der Waals surface area contributed by atoms with Crippen LogP contribution in [0.25, 0.3) is 32.3 Å². The van der Waals surface area contributed by atoms with Gasteiger partial charge in [0.05, 0.1) is 11.3 Å². The van der Waals surface area contributed by atoms with Gasteiger partial charge in [-0.2, -0.15) is 0 Å². The topological polar surface area (TPSA) is 40.5 Å². The number of anilines is 3. The Labute approximate surface area is 185 Å². The maximum Gasteiger partial charge on any atom is 0.335 e. The molecular weight excluding hydrogens is 394 g/mol. The molecule has 0 spiro atoms. The van der Waals surface area contributed by atoms with Gasteiger partial charge in [0.25, 0.3) is 0 Å². The van der Waals surface area contributed by atoms with E-state index in [0.29, 0.717) is 0 Å². The van der Waals surface area contributed by atoms with E-state index in [1.54, 1.807) is 12.1 Å². The van der Waals surface area contributed by atoms with E-state index in [4.69, 9.17) is 0 Å². The first-order valence-corrected chi connectivity index (χ1v) is 10.6. The summed E-state index contributed by atoms with van der Waals surface area (Å²) in [5, 5.41) is 16.7. The van der Waals surface area contributed by atoms with E-state index in [0.717, 1.165) is 22.4 Å². The monoisotopic (exact) mass is 413 g/mol. The molecule has 0 aliphatic rings. The van der Waals surface area contributed by atoms with Gasteiger partial charge in [-0.25, -0.2) is 4.79 Å². The summed E-state index contributed by atoms with van der Waals surface area (Å²) in [7, 11) is 0. The molecule has 0 unspecified atom stereocenters. The van der Waals surface area contributed by atoms with E-state index in [1.807, 2.05) is 30.3 Å². The maximum absolute atomic E-state index is 11.4. The Morgan fingerprint density at radius 2 is 1.16 bits per heavy atom. The van der Waals surface area contributed by atoms with Crippen LogP contribution in [0.2, 0.25) is 0 Å². The Hall–Kier alpha value is -4.37. The highest BCUT2D eigenvalue weighted by Crippen LogP contribution is 2.43. The Morgan fingerprint density at radius 1 is 0.562 bits per heavy atom. The minimum atomic E-state index is -0.925. The van der Waals surface area contributed by atoms with Gasteiger partial charge >= 0.3 is 5.97 Å². The van der Waals surface area contributed by atoms with Crippen molar-refractivity contribution in [1.82, 2.24) is 0 Å². The largest absolute Gasteiger partial charge is 0.478 e. The Kier molecular flexibility index (Phi) is 4.08. The van der Waals surface area contributed by atoms with E-state index in [9.17, 15) is 9.90 Å². The lowest BCUT2D eigenvalue weighted by molar-refractivity contribution is 0.0697. The zero-order valence-electron chi connectivity index (χ0n) is 17.2. The molecule has 3 heteroatoms. The van der Waals surface area contributed by atoms with Crippen LogP contribution in [0.4, 0.5) is 17.1 Å². The molecule has 0 radical (unpaired) electrons. The van der Waals surface area contributed by atoms with E-state index in [2.05, 4.69) is 71.6 Å². The van der Waals surface area contributed by atoms with E-state index < -0.39 is 5.97 Å². The summed E-state index contributed by atoms with van der Waals surface area (Å²) >= 11 is 0. The molecule has 0 atom stereocenters. The molecule has 0 fully saturated rings. The first-order chi connectivity index (χ1) is 15.7. The molecule has 0 saturated carbocycles. The summed E-state index contributed by atoms with van der Waals surface area (Å²) in [4.78, 5) is 13.6. The molecule has 1 N–H and O–H groups in total. The van der Waals surface area contributed by atoms with Crippen molar-refractivity contribution < 1.29 is 9.90 Å². The highest BCUT2D eigenvalue weighted by molar-refractivity contribution is 6.25. The lowest BCUT2D eigenvalue weighted by Crippen LogP contribution is -2.11. The Bertz CT molecular complexity index is 1570. The predicted octanol–water partition coefficient (Wildman–Crippen LogP) is 7.75. The number of carboxylic acids is 1. The molecule has 0 aromatic heterocycles. The molecule has 6 aromatic rings. The second-order valence-corrected chi connectivity index (χ2v) is 7.96. The summed E-state index contributed by atoms with van der Waals surface area (Å²) in [6, 6.07) is 36.7. The fourth-order valence-corrected chi connectivity index (χ4v) is 4.67. The van der Waals surface area contributed by atoms with Crippen molar-refractivity contribution in [1.29, 1.82) is 0 Å². The lowest BCUT2D eigenvalue weighted by atomic mass is 9.93. The van der Waals surface area contributed by atoms with Crippen molar-refractivity contribution in [3.05, 3.63) is 115 Å². The lowest BCUT2D eigenvalue weighted by Gasteiger charge is -2.27. The van der Waals surface area contributed by atoms with Crippen LogP contribution in [0.5, 0.6) is 0 Å². The van der Waals surface area contributed by atoms with Crippen LogP contribution < -0.4 is 4.90 Å². The van der Waals surface area contributed by atoms with Crippen molar-refractivity contribution in [2.45, 2.75) is 0 Å². The summed E-state index contributed by atoms with van der Waals surface area (Å²) in [5.74, 6) is -0.925. The summed E-state index contributed by atoms with van der Waals surface area (Å²) in [5.41, 5.74) is 3.27. The SMILES string of the molecule is O=C(O)c1ccc(N(c2ccccc2)c2ccc3ccc4cccc5ccc2c3c45)cc1. The van der Waals surface area contributed by atoms with Crippen LogP contribution >= 0.6 is 0 Å². The number of hydrogen-bond donors (Lipinski definition) is 1. The van der Waals surface area contributed by atoms with Crippen molar-refractivity contribution in [2.75, 3.05) is 4.90 Å². The molecule has 0 bridgehead atoms. The normalized spacial score (nSPS) is 11.4. The highest BCUT2D eigenvalue weighted by Gasteiger charge is 2.18. The van der Waals surface area contributed by atoms with Gasteiger partial charge in [0.1, 0.15) is 0 Å². The van der Waals surface area contributed by atoms with Crippen LogP contribution in [0, 0.1) is 0 Å². The summed E-state index contributed by atoms with van der Waals surface area (Å²) < 4.78 is 0. The Morgan fingerprint density at radius 3 is 1.84 bits per heavy atom. The molecule has 0 saturated heterocycles. The van der Waals surface area contributed by atoms with Gasteiger partial charge in [-0.15, -0.1) is 0 Å². The number of benzene rings is 6. The number of hydrogen-bond acceptors (Lipinski definition) is 2. The van der Waals surface area contributed by atoms with Gasteiger partial charge in [0, 0.05) is 16.8 Å². The third kappa shape index (κ3) is 2.79. The van der Waals surface area contributed by atoms with Crippen LogP contribution in [0.1, 0.15) is 10.4 Å². The molecule has 32 heavy (non-hydrogen) atoms. The van der Waals surface area contributed by atoms with Gasteiger partial charge in [-0.05, 0) is 69.4 Å². The van der Waals surface area contributed by atoms with Gasteiger partial charge in [-0.1, -0.05) is 66.7 Å². The van der Waals surface area contributed by atoms with Gasteiger partial charge in [0.15, 0.2) is 0 Å². The highest BCUT2D eigenvalue weighted by atomic mass is 16.4. The van der Waals surface area contributed by atoms with Crippen molar-refractivity contribution >= 4 is 55.3 Å². The molecule has 0 amide bonds. The zero-order chi connectivity index (χ0) is 21.7.